The number of amides is 3. The van der Waals surface area contributed by atoms with Crippen LogP contribution < -0.4 is 17.2 Å². The summed E-state index contributed by atoms with van der Waals surface area (Å²) < 4.78 is 0. The molecule has 0 bridgehead atoms. The minimum absolute atomic E-state index is 0. The quantitative estimate of drug-likeness (QED) is 0.275. The molecule has 3 rings (SSSR count). The van der Waals surface area contributed by atoms with Crippen LogP contribution in [0.2, 0.25) is 0 Å². The zero-order valence-electron chi connectivity index (χ0n) is 15.7. The van der Waals surface area contributed by atoms with Crippen molar-refractivity contribution in [2.75, 3.05) is 0 Å². The molecule has 0 unspecified atom stereocenters. The monoisotopic (exact) mass is 470 g/mol. The zero-order valence-corrected chi connectivity index (χ0v) is 16.8. The van der Waals surface area contributed by atoms with Crippen molar-refractivity contribution in [3.05, 3.63) is 72.1 Å². The van der Waals surface area contributed by atoms with Crippen LogP contribution >= 0.6 is 0 Å². The number of primary amides is 3. The Hall–Kier alpha value is -4.22. The number of rotatable bonds is 3. The van der Waals surface area contributed by atoms with Gasteiger partial charge in [-0.25, -0.2) is 0 Å². The van der Waals surface area contributed by atoms with Gasteiger partial charge in [0.25, 0.3) is 17.7 Å². The molecule has 0 saturated heterocycles. The molecule has 0 fully saturated rings. The maximum Gasteiger partial charge on any atom is 3.00 e. The smallest absolute Gasteiger partial charge is 0.505 e. The molecule has 0 spiro atoms. The molecule has 3 aromatic rings. The van der Waals surface area contributed by atoms with Gasteiger partial charge >= 0.3 is 17.1 Å². The number of aromatic hydroxyl groups is 3. The van der Waals surface area contributed by atoms with Gasteiger partial charge in [-0.15, -0.1) is 0 Å². The Labute approximate surface area is 186 Å². The number of nitrogens with two attached hydrogens (primary N) is 3. The maximum absolute atomic E-state index is 10.5. The molecule has 0 atom stereocenters. The molecule has 0 aliphatic rings. The minimum atomic E-state index is -0.653. The van der Waals surface area contributed by atoms with E-state index in [1.807, 2.05) is 0 Å². The molecule has 3 aromatic heterocycles. The molecule has 161 valence electrons. The summed E-state index contributed by atoms with van der Waals surface area (Å²) in [4.78, 5) is 42.1. The van der Waals surface area contributed by atoms with Crippen LogP contribution in [0.4, 0.5) is 0 Å². The third kappa shape index (κ3) is 8.77. The summed E-state index contributed by atoms with van der Waals surface area (Å²) in [6.07, 6.45) is 7.67. The number of hydrogen-bond donors (Lipinski definition) is 6. The van der Waals surface area contributed by atoms with Crippen LogP contribution in [0.15, 0.2) is 55.4 Å². The van der Waals surface area contributed by atoms with E-state index in [4.69, 9.17) is 32.5 Å². The molecule has 12 nitrogen and oxygen atoms in total. The molecule has 13 heteroatoms. The van der Waals surface area contributed by atoms with Gasteiger partial charge in [0.2, 0.25) is 0 Å². The van der Waals surface area contributed by atoms with Crippen LogP contribution in [-0.2, 0) is 17.1 Å². The Bertz CT molecular complexity index is 917. The topological polar surface area (TPSA) is 229 Å². The van der Waals surface area contributed by atoms with E-state index in [0.717, 1.165) is 0 Å². The van der Waals surface area contributed by atoms with Gasteiger partial charge in [-0.05, 0) is 18.2 Å². The van der Waals surface area contributed by atoms with E-state index in [1.54, 1.807) is 0 Å². The van der Waals surface area contributed by atoms with Crippen molar-refractivity contribution < 1.29 is 46.8 Å². The van der Waals surface area contributed by atoms with Crippen LogP contribution in [0, 0.1) is 0 Å². The van der Waals surface area contributed by atoms with Crippen LogP contribution in [0.3, 0.4) is 0 Å². The van der Waals surface area contributed by atoms with Crippen molar-refractivity contribution in [1.29, 1.82) is 0 Å². The van der Waals surface area contributed by atoms with Gasteiger partial charge in [-0.1, -0.05) is 0 Å². The Balaban J connectivity index is 0.000000429. The second kappa shape index (κ2) is 13.1. The fourth-order valence-electron chi connectivity index (χ4n) is 1.78. The van der Waals surface area contributed by atoms with Gasteiger partial charge < -0.3 is 32.5 Å². The number of carbonyl (C=O) groups excluding carboxylic acids is 3. The number of aromatic nitrogens is 3. The Morgan fingerprint density at radius 3 is 0.935 bits per heavy atom. The van der Waals surface area contributed by atoms with Gasteiger partial charge in [0.1, 0.15) is 17.2 Å². The molecule has 0 saturated carbocycles. The predicted molar refractivity (Wildman–Crippen MR) is 103 cm³/mol. The van der Waals surface area contributed by atoms with Gasteiger partial charge in [-0.2, -0.15) is 0 Å². The third-order valence-corrected chi connectivity index (χ3v) is 3.20. The van der Waals surface area contributed by atoms with Crippen molar-refractivity contribution in [1.82, 2.24) is 15.0 Å². The van der Waals surface area contributed by atoms with E-state index in [9.17, 15) is 14.4 Å². The van der Waals surface area contributed by atoms with E-state index in [2.05, 4.69) is 15.0 Å². The summed E-state index contributed by atoms with van der Waals surface area (Å²) in [7, 11) is 0. The molecule has 0 aromatic carbocycles. The molecule has 0 aliphatic carbocycles. The van der Waals surface area contributed by atoms with Crippen LogP contribution in [0.25, 0.3) is 0 Å². The number of nitrogens with zero attached hydrogens (tertiary/aromatic N) is 3. The largest absolute Gasteiger partial charge is 3.00 e. The zero-order chi connectivity index (χ0) is 22.7. The SMILES string of the molecule is NC(=O)c1ccncc1O.NC(=O)c1ccncc1O.NC(=O)c1ccncc1O.[Fe+3]. The van der Waals surface area contributed by atoms with E-state index in [1.165, 1.54) is 55.4 Å². The summed E-state index contributed by atoms with van der Waals surface area (Å²) in [5.41, 5.74) is 14.9. The molecule has 1 radical (unpaired) electrons. The van der Waals surface area contributed by atoms with Crippen LogP contribution in [0.5, 0.6) is 17.2 Å². The maximum atomic E-state index is 10.5. The van der Waals surface area contributed by atoms with Crippen molar-refractivity contribution in [2.45, 2.75) is 0 Å². The second-order valence-electron chi connectivity index (χ2n) is 5.27. The van der Waals surface area contributed by atoms with Gasteiger partial charge in [0.05, 0.1) is 35.3 Å². The molecule has 9 N–H and O–H groups in total. The first-order valence-electron chi connectivity index (χ1n) is 7.93. The third-order valence-electron chi connectivity index (χ3n) is 3.20. The average Bonchev–Trinajstić information content (AvgIpc) is 2.69. The fourth-order valence-corrected chi connectivity index (χ4v) is 1.78. The van der Waals surface area contributed by atoms with Crippen LogP contribution in [-0.4, -0.2) is 48.0 Å². The molecule has 3 heterocycles. The van der Waals surface area contributed by atoms with E-state index < -0.39 is 17.7 Å². The van der Waals surface area contributed by atoms with Crippen LogP contribution in [0.1, 0.15) is 31.1 Å². The summed E-state index contributed by atoms with van der Waals surface area (Å²) in [6.45, 7) is 0. The van der Waals surface area contributed by atoms with Crippen molar-refractivity contribution in [3.8, 4) is 17.2 Å². The van der Waals surface area contributed by atoms with E-state index >= 15 is 0 Å². The first-order valence-corrected chi connectivity index (χ1v) is 7.93. The Kier molecular flexibility index (Phi) is 11.3. The standard InChI is InChI=1S/3C6H6N2O2.Fe/c3*7-6(10)4-1-2-8-3-5(4)9;/h3*1-3,9H,(H2,7,10);/q;;;+3. The van der Waals surface area contributed by atoms with E-state index in [-0.39, 0.29) is 51.0 Å². The van der Waals surface area contributed by atoms with Gasteiger partial charge in [0, 0.05) is 18.6 Å². The summed E-state index contributed by atoms with van der Waals surface area (Å²) >= 11 is 0. The summed E-state index contributed by atoms with van der Waals surface area (Å²) in [5.74, 6) is -2.51. The second-order valence-corrected chi connectivity index (χ2v) is 5.27. The van der Waals surface area contributed by atoms with Crippen molar-refractivity contribution in [3.63, 3.8) is 0 Å². The number of hydrogen-bond acceptors (Lipinski definition) is 9. The molecule has 0 aliphatic heterocycles. The normalized spacial score (nSPS) is 8.90. The van der Waals surface area contributed by atoms with Crippen molar-refractivity contribution >= 4 is 17.7 Å². The average molecular weight is 470 g/mol. The Morgan fingerprint density at radius 2 is 0.806 bits per heavy atom. The Morgan fingerprint density at radius 1 is 0.581 bits per heavy atom. The number of carbonyl (C=O) groups is 3. The summed E-state index contributed by atoms with van der Waals surface area (Å²) in [5, 5.41) is 26.8. The van der Waals surface area contributed by atoms with Gasteiger partial charge in [-0.3, -0.25) is 29.3 Å². The molecule has 31 heavy (non-hydrogen) atoms. The molecular formula is C18H18FeN6O6+3. The minimum Gasteiger partial charge on any atom is -0.505 e. The van der Waals surface area contributed by atoms with Crippen molar-refractivity contribution in [2.24, 2.45) is 17.2 Å². The first-order chi connectivity index (χ1) is 14.1. The molecule has 3 amide bonds. The summed E-state index contributed by atoms with van der Waals surface area (Å²) in [6, 6.07) is 4.08. The first kappa shape index (κ1) is 26.8. The predicted octanol–water partition coefficient (Wildman–Crippen LogP) is -0.344. The van der Waals surface area contributed by atoms with E-state index in [0.29, 0.717) is 0 Å². The molecular weight excluding hydrogens is 452 g/mol. The number of pyridine rings is 3. The fraction of sp³-hybridized carbons (Fsp3) is 0. The van der Waals surface area contributed by atoms with Gasteiger partial charge in [0.15, 0.2) is 0 Å².